The van der Waals surface area contributed by atoms with Crippen molar-refractivity contribution in [1.29, 1.82) is 0 Å². The molecule has 7 nitrogen and oxygen atoms in total. The van der Waals surface area contributed by atoms with E-state index >= 15 is 0 Å². The highest BCUT2D eigenvalue weighted by molar-refractivity contribution is 7.89. The molecule has 1 aliphatic heterocycles. The summed E-state index contributed by atoms with van der Waals surface area (Å²) < 4.78 is 34.2. The smallest absolute Gasteiger partial charge is 0.243 e. The quantitative estimate of drug-likeness (QED) is 0.552. The number of aryl methyl sites for hydroxylation is 1. The van der Waals surface area contributed by atoms with Crippen LogP contribution in [0.4, 0.5) is 0 Å². The summed E-state index contributed by atoms with van der Waals surface area (Å²) in [6.07, 6.45) is 1.68. The first kappa shape index (κ1) is 21.4. The Bertz CT molecular complexity index is 1210. The van der Waals surface area contributed by atoms with Crippen molar-refractivity contribution < 1.29 is 17.9 Å². The highest BCUT2D eigenvalue weighted by Crippen LogP contribution is 2.21. The number of Topliss-reactive ketones (excluding diaryl/α,β-unsaturated/α-hetero) is 1. The average Bonchev–Trinajstić information content (AvgIpc) is 3.16. The first-order chi connectivity index (χ1) is 14.9. The standard InChI is InChI=1S/C23H25N3O4S/c1-17-5-3-7-20(13-17)26-18(2)22(16-24-26)23(27)15-19-6-4-8-21(14-19)31(28,29)25-9-11-30-12-10-25/h3-8,13-14,16H,9-12,15H2,1-2H3. The number of nitrogens with zero attached hydrogens (tertiary/aromatic N) is 3. The van der Waals surface area contributed by atoms with Gasteiger partial charge in [0.1, 0.15) is 0 Å². The van der Waals surface area contributed by atoms with Crippen LogP contribution < -0.4 is 0 Å². The van der Waals surface area contributed by atoms with E-state index in [1.165, 1.54) is 4.31 Å². The molecule has 0 aliphatic carbocycles. The summed E-state index contributed by atoms with van der Waals surface area (Å²) >= 11 is 0. The molecule has 1 fully saturated rings. The van der Waals surface area contributed by atoms with Crippen molar-refractivity contribution in [3.8, 4) is 5.69 Å². The van der Waals surface area contributed by atoms with Crippen LogP contribution in [0.25, 0.3) is 5.69 Å². The van der Waals surface area contributed by atoms with Gasteiger partial charge in [-0.25, -0.2) is 13.1 Å². The maximum atomic E-state index is 13.0. The van der Waals surface area contributed by atoms with E-state index in [0.717, 1.165) is 16.9 Å². The molecule has 0 radical (unpaired) electrons. The van der Waals surface area contributed by atoms with E-state index in [2.05, 4.69) is 5.10 Å². The van der Waals surface area contributed by atoms with Crippen molar-refractivity contribution >= 4 is 15.8 Å². The molecule has 8 heteroatoms. The van der Waals surface area contributed by atoms with Crippen molar-refractivity contribution in [2.24, 2.45) is 0 Å². The first-order valence-corrected chi connectivity index (χ1v) is 11.6. The zero-order valence-electron chi connectivity index (χ0n) is 17.6. The summed E-state index contributed by atoms with van der Waals surface area (Å²) in [7, 11) is -3.60. The average molecular weight is 440 g/mol. The number of ketones is 1. The van der Waals surface area contributed by atoms with E-state index < -0.39 is 10.0 Å². The Hall–Kier alpha value is -2.81. The molecule has 3 aromatic rings. The molecule has 31 heavy (non-hydrogen) atoms. The third-order valence-electron chi connectivity index (χ3n) is 5.43. The van der Waals surface area contributed by atoms with Crippen molar-refractivity contribution in [3.05, 3.63) is 77.1 Å². The lowest BCUT2D eigenvalue weighted by molar-refractivity contribution is 0.0730. The number of carbonyl (C=O) groups is 1. The number of sulfonamides is 1. The lowest BCUT2D eigenvalue weighted by Crippen LogP contribution is -2.40. The normalized spacial score (nSPS) is 15.2. The third kappa shape index (κ3) is 4.46. The van der Waals surface area contributed by atoms with Gasteiger partial charge in [-0.05, 0) is 49.2 Å². The van der Waals surface area contributed by atoms with E-state index in [1.807, 2.05) is 38.1 Å². The van der Waals surface area contributed by atoms with Gasteiger partial charge in [0.15, 0.2) is 5.78 Å². The minimum absolute atomic E-state index is 0.0997. The maximum absolute atomic E-state index is 13.0. The molecular formula is C23H25N3O4S. The monoisotopic (exact) mass is 439 g/mol. The van der Waals surface area contributed by atoms with E-state index in [9.17, 15) is 13.2 Å². The van der Waals surface area contributed by atoms with Gasteiger partial charge in [-0.15, -0.1) is 0 Å². The second-order valence-electron chi connectivity index (χ2n) is 7.66. The summed E-state index contributed by atoms with van der Waals surface area (Å²) in [6, 6.07) is 14.5. The Morgan fingerprint density at radius 2 is 1.81 bits per heavy atom. The van der Waals surface area contributed by atoms with Gasteiger partial charge >= 0.3 is 0 Å². The zero-order valence-corrected chi connectivity index (χ0v) is 18.4. The second-order valence-corrected chi connectivity index (χ2v) is 9.60. The van der Waals surface area contributed by atoms with Crippen LogP contribution in [0.15, 0.2) is 59.6 Å². The van der Waals surface area contributed by atoms with Gasteiger partial charge in [0.05, 0.1) is 41.3 Å². The van der Waals surface area contributed by atoms with Crippen molar-refractivity contribution in [3.63, 3.8) is 0 Å². The van der Waals surface area contributed by atoms with Crippen LogP contribution in [0.3, 0.4) is 0 Å². The molecule has 0 atom stereocenters. The third-order valence-corrected chi connectivity index (χ3v) is 7.32. The SMILES string of the molecule is Cc1cccc(-n2ncc(C(=O)Cc3cccc(S(=O)(=O)N4CCOCC4)c3)c2C)c1. The molecule has 1 aliphatic rings. The molecule has 0 saturated carbocycles. The topological polar surface area (TPSA) is 81.5 Å². The second kappa shape index (κ2) is 8.74. The van der Waals surface area contributed by atoms with Gasteiger partial charge < -0.3 is 4.74 Å². The maximum Gasteiger partial charge on any atom is 0.243 e. The lowest BCUT2D eigenvalue weighted by atomic mass is 10.0. The predicted molar refractivity (Wildman–Crippen MR) is 117 cm³/mol. The van der Waals surface area contributed by atoms with E-state index in [-0.39, 0.29) is 17.1 Å². The fourth-order valence-corrected chi connectivity index (χ4v) is 5.21. The van der Waals surface area contributed by atoms with Crippen molar-refractivity contribution in [1.82, 2.24) is 14.1 Å². The number of carbonyl (C=O) groups excluding carboxylic acids is 1. The number of ether oxygens (including phenoxy) is 1. The van der Waals surface area contributed by atoms with E-state index in [0.29, 0.717) is 37.4 Å². The Morgan fingerprint density at radius 1 is 1.06 bits per heavy atom. The van der Waals surface area contributed by atoms with E-state index in [4.69, 9.17) is 4.74 Å². The molecule has 4 rings (SSSR count). The Morgan fingerprint density at radius 3 is 2.55 bits per heavy atom. The minimum atomic E-state index is -3.60. The molecule has 0 N–H and O–H groups in total. The van der Waals surface area contributed by atoms with Crippen LogP contribution in [0.5, 0.6) is 0 Å². The molecule has 2 aromatic carbocycles. The number of morpholine rings is 1. The summed E-state index contributed by atoms with van der Waals surface area (Å²) in [4.78, 5) is 13.2. The molecule has 0 unspecified atom stereocenters. The number of hydrogen-bond donors (Lipinski definition) is 0. The fourth-order valence-electron chi connectivity index (χ4n) is 3.74. The van der Waals surface area contributed by atoms with Gasteiger partial charge in [0.2, 0.25) is 10.0 Å². The van der Waals surface area contributed by atoms with Crippen molar-refractivity contribution in [2.45, 2.75) is 25.2 Å². The molecule has 0 amide bonds. The number of aromatic nitrogens is 2. The van der Waals surface area contributed by atoms with Crippen LogP contribution in [0.2, 0.25) is 0 Å². The van der Waals surface area contributed by atoms with Gasteiger partial charge in [-0.2, -0.15) is 9.40 Å². The number of rotatable bonds is 6. The fraction of sp³-hybridized carbons (Fsp3) is 0.304. The number of hydrogen-bond acceptors (Lipinski definition) is 5. The Labute approximate surface area is 182 Å². The summed E-state index contributed by atoms with van der Waals surface area (Å²) in [5.41, 5.74) is 3.95. The first-order valence-electron chi connectivity index (χ1n) is 10.2. The molecule has 2 heterocycles. The highest BCUT2D eigenvalue weighted by atomic mass is 32.2. The zero-order chi connectivity index (χ0) is 22.0. The molecular weight excluding hydrogens is 414 g/mol. The molecule has 0 bridgehead atoms. The predicted octanol–water partition coefficient (Wildman–Crippen LogP) is 2.94. The van der Waals surface area contributed by atoms with Crippen LogP contribution >= 0.6 is 0 Å². The lowest BCUT2D eigenvalue weighted by Gasteiger charge is -2.26. The summed E-state index contributed by atoms with van der Waals surface area (Å²) in [6.45, 7) is 5.32. The summed E-state index contributed by atoms with van der Waals surface area (Å²) in [5, 5.41) is 4.39. The Balaban J connectivity index is 1.55. The number of benzene rings is 2. The van der Waals surface area contributed by atoms with Crippen LogP contribution in [0, 0.1) is 13.8 Å². The summed E-state index contributed by atoms with van der Waals surface area (Å²) in [5.74, 6) is -0.0997. The van der Waals surface area contributed by atoms with Gasteiger partial charge in [-0.3, -0.25) is 4.79 Å². The van der Waals surface area contributed by atoms with Gasteiger partial charge in [-0.1, -0.05) is 24.3 Å². The van der Waals surface area contributed by atoms with Crippen LogP contribution in [0.1, 0.15) is 27.2 Å². The largest absolute Gasteiger partial charge is 0.379 e. The minimum Gasteiger partial charge on any atom is -0.379 e. The molecule has 1 saturated heterocycles. The molecule has 162 valence electrons. The van der Waals surface area contributed by atoms with Crippen LogP contribution in [-0.2, 0) is 21.2 Å². The molecule has 1 aromatic heterocycles. The van der Waals surface area contributed by atoms with E-state index in [1.54, 1.807) is 35.1 Å². The highest BCUT2D eigenvalue weighted by Gasteiger charge is 2.26. The van der Waals surface area contributed by atoms with Crippen molar-refractivity contribution in [2.75, 3.05) is 26.3 Å². The molecule has 0 spiro atoms. The van der Waals surface area contributed by atoms with Gasteiger partial charge in [0, 0.05) is 19.5 Å². The van der Waals surface area contributed by atoms with Gasteiger partial charge in [0.25, 0.3) is 0 Å². The van der Waals surface area contributed by atoms with Crippen LogP contribution in [-0.4, -0.2) is 54.6 Å². The Kier molecular flexibility index (Phi) is 6.04.